The minimum absolute atomic E-state index is 0.0136. The van der Waals surface area contributed by atoms with E-state index in [1.54, 1.807) is 82.3 Å². The molecule has 13 atom stereocenters. The van der Waals surface area contributed by atoms with E-state index in [-0.39, 0.29) is 134 Å². The standard InChI is InChI=1S/C21H25F.C20H22F2.C17H23FO2.C17H21FO2.C17H23FO2.C16H19FO2/c1-7-16-12-15(6)21(22)17(8-2)20(16)19-11-14(5)9-10-18(19)13(3)4;1-6-15-11-13(4)20(22)16(7-2)19(15)18-10-12(3)8-9-17(18)14(5)21;1-9(2)12-8-14(18)11(4)7-13(12)17-15(19)5-10(3)6-16(17)20;1-9(2)12-6-5-10(3)7-13(12)15-14(19)8-11(4)16(18)17(15)20;1-10(2)13-5-4-12(9-18)8-14(13)17-15(19)6-11(3)7-16(17)20;1-9-4-5-12(11(3)17)13(6-9)16-14(18)7-10(2)8-15(16)19/h7-8,11-12,18-19H,1-3,9-10H2,4-6H3;6-7,10-11,17-18H,1-2,5,8-9H2,3-4H3;5-7,9,12-14,19-20H,8H2,1-4H3;7-8,12-13,19-20H,1,5-6H2,2-4H3;6-8,10,13-14,19-20H,4-5,9H2,1-3H3;6-8,12-13,18-19H,3-5H2,1-2H3/t18-,19?;17-,18?;12-,13?,14?;12-,13?;13-,14?;12-,13?/m000000/s1. The Morgan fingerprint density at radius 1 is 0.382 bits per heavy atom. The van der Waals surface area contributed by atoms with Gasteiger partial charge in [-0.25, -0.2) is 30.7 Å². The van der Waals surface area contributed by atoms with E-state index < -0.39 is 30.2 Å². The normalized spacial score (nSPS) is 22.9. The number of allylic oxidation sites excluding steroid dienone is 16. The molecule has 6 aromatic rings. The third-order valence-electron chi connectivity index (χ3n) is 25.7. The third kappa shape index (κ3) is 23.9. The number of aromatic hydroxyl groups is 8. The van der Waals surface area contributed by atoms with E-state index in [4.69, 9.17) is 0 Å². The van der Waals surface area contributed by atoms with Crippen molar-refractivity contribution in [2.45, 2.75) is 230 Å². The van der Waals surface area contributed by atoms with E-state index in [1.165, 1.54) is 35.8 Å². The van der Waals surface area contributed by atoms with Crippen LogP contribution in [0.25, 0.3) is 24.3 Å². The molecule has 12 rings (SSSR count). The van der Waals surface area contributed by atoms with Gasteiger partial charge in [-0.15, -0.1) is 0 Å². The number of alkyl halides is 2. The van der Waals surface area contributed by atoms with Crippen molar-refractivity contribution in [2.24, 2.45) is 47.3 Å². The predicted octanol–water partition coefficient (Wildman–Crippen LogP) is 30.6. The van der Waals surface area contributed by atoms with Crippen LogP contribution < -0.4 is 0 Å². The van der Waals surface area contributed by atoms with Crippen molar-refractivity contribution in [1.82, 2.24) is 0 Å². The van der Waals surface area contributed by atoms with Gasteiger partial charge in [-0.05, 0) is 318 Å². The second-order valence-corrected chi connectivity index (χ2v) is 35.9. The van der Waals surface area contributed by atoms with Crippen LogP contribution in [0, 0.1) is 106 Å². The highest BCUT2D eigenvalue weighted by molar-refractivity contribution is 5.69. The van der Waals surface area contributed by atoms with E-state index in [0.717, 1.165) is 113 Å². The summed E-state index contributed by atoms with van der Waals surface area (Å²) in [5, 5.41) is 81.2. The summed E-state index contributed by atoms with van der Waals surface area (Å²) in [4.78, 5) is 0. The lowest BCUT2D eigenvalue weighted by molar-refractivity contribution is 0.222. The largest absolute Gasteiger partial charge is 0.507 e. The number of aryl methyl sites for hydroxylation is 6. The van der Waals surface area contributed by atoms with Crippen molar-refractivity contribution in [3.05, 3.63) is 306 Å². The van der Waals surface area contributed by atoms with E-state index >= 15 is 0 Å². The van der Waals surface area contributed by atoms with Crippen LogP contribution in [0.3, 0.4) is 0 Å². The molecule has 123 heavy (non-hydrogen) atoms. The van der Waals surface area contributed by atoms with Crippen LogP contribution in [0.15, 0.2) is 200 Å². The second kappa shape index (κ2) is 43.8. The number of hydrogen-bond donors (Lipinski definition) is 8. The molecule has 15 heteroatoms. The molecule has 0 aliphatic heterocycles. The number of halogens is 7. The SMILES string of the molecule is C=C(C)[C@@H]1CCC(C)=CC1c1c(O)cc(C)c(F)c1O.C=C(F)[C@@H]1CCC(C)=CC1c1c(O)cc(C)cc1O.C=Cc1cc(C)c(F)c(C=C)c1C1C=C(C)CC[C@H]1C(=C)C.C=Cc1cc(C)c(F)c(C=C)c1C1C=C(C)CC[C@H]1C(=C)F.CC1=CC(c2c(O)cc(C)cc2O)[C@H](C(C)C)CC1F.Cc1cc(O)c(C2C=C(CF)CC[C@H]2C(C)C)c(O)c1. The first kappa shape index (κ1) is 99.7. The molecule has 8 N–H and O–H groups in total. The lowest BCUT2D eigenvalue weighted by atomic mass is 9.71. The maximum atomic E-state index is 14.6. The second-order valence-electron chi connectivity index (χ2n) is 35.9. The Morgan fingerprint density at radius 3 is 1.02 bits per heavy atom. The van der Waals surface area contributed by atoms with Crippen LogP contribution in [0.1, 0.15) is 271 Å². The molecular weight excluding hydrogens is 1560 g/mol. The summed E-state index contributed by atoms with van der Waals surface area (Å²) in [5.41, 5.74) is 18.7. The Balaban J connectivity index is 0.000000203. The van der Waals surface area contributed by atoms with Gasteiger partial charge < -0.3 is 40.9 Å². The summed E-state index contributed by atoms with van der Waals surface area (Å²) >= 11 is 0. The zero-order chi connectivity index (χ0) is 91.9. The topological polar surface area (TPSA) is 162 Å². The Morgan fingerprint density at radius 2 is 0.691 bits per heavy atom. The molecule has 0 radical (unpaired) electrons. The van der Waals surface area contributed by atoms with Crippen molar-refractivity contribution in [3.8, 4) is 46.0 Å². The molecule has 0 fully saturated rings. The Labute approximate surface area is 728 Å². The third-order valence-corrected chi connectivity index (χ3v) is 25.7. The summed E-state index contributed by atoms with van der Waals surface area (Å²) in [5.74, 6) is -2.04. The van der Waals surface area contributed by atoms with Crippen LogP contribution in [-0.4, -0.2) is 53.7 Å². The molecule has 662 valence electrons. The van der Waals surface area contributed by atoms with Gasteiger partial charge in [-0.1, -0.05) is 175 Å². The van der Waals surface area contributed by atoms with Gasteiger partial charge in [0, 0.05) is 80.7 Å². The molecule has 0 spiro atoms. The first-order valence-electron chi connectivity index (χ1n) is 43.0. The first-order chi connectivity index (χ1) is 57.8. The predicted molar refractivity (Wildman–Crippen MR) is 496 cm³/mol. The quantitative estimate of drug-likeness (QED) is 0.0331. The fourth-order valence-electron chi connectivity index (χ4n) is 19.0. The Hall–Kier alpha value is -10.4. The number of benzene rings is 6. The van der Waals surface area contributed by atoms with Gasteiger partial charge in [-0.2, -0.15) is 0 Å². The number of hydrogen-bond acceptors (Lipinski definition) is 8. The average Bonchev–Trinajstić information content (AvgIpc) is 0.768. The summed E-state index contributed by atoms with van der Waals surface area (Å²) in [6, 6.07) is 14.8. The average molecular weight is 1690 g/mol. The van der Waals surface area contributed by atoms with Gasteiger partial charge in [0.05, 0.1) is 11.7 Å². The van der Waals surface area contributed by atoms with Gasteiger partial charge in [0.15, 0.2) is 11.6 Å². The van der Waals surface area contributed by atoms with Crippen LogP contribution >= 0.6 is 0 Å². The summed E-state index contributed by atoms with van der Waals surface area (Å²) in [6.07, 6.45) is 26.8. The van der Waals surface area contributed by atoms with Gasteiger partial charge >= 0.3 is 0 Å². The molecule has 0 bridgehead atoms. The van der Waals surface area contributed by atoms with E-state index in [2.05, 4.69) is 100 Å². The smallest absolute Gasteiger partial charge is 0.168 e. The van der Waals surface area contributed by atoms with Crippen molar-refractivity contribution in [2.75, 3.05) is 6.67 Å². The molecule has 0 heterocycles. The van der Waals surface area contributed by atoms with Crippen molar-refractivity contribution in [3.63, 3.8) is 0 Å². The van der Waals surface area contributed by atoms with Crippen LogP contribution in [0.2, 0.25) is 0 Å². The van der Waals surface area contributed by atoms with Gasteiger partial charge in [-0.3, -0.25) is 0 Å². The highest BCUT2D eigenvalue weighted by Gasteiger charge is 2.39. The molecule has 0 aromatic heterocycles. The molecule has 6 aromatic carbocycles. The van der Waals surface area contributed by atoms with Crippen molar-refractivity contribution >= 4 is 24.3 Å². The zero-order valence-electron chi connectivity index (χ0n) is 75.5. The fourth-order valence-corrected chi connectivity index (χ4v) is 19.0. The number of phenols is 8. The number of phenolic OH excluding ortho intramolecular Hbond substituents is 8. The summed E-state index contributed by atoms with van der Waals surface area (Å²) in [7, 11) is 0. The maximum Gasteiger partial charge on any atom is 0.168 e. The van der Waals surface area contributed by atoms with Crippen LogP contribution in [-0.2, 0) is 0 Å². The molecule has 0 saturated heterocycles. The van der Waals surface area contributed by atoms with E-state index in [1.807, 2.05) is 84.1 Å². The lowest BCUT2D eigenvalue weighted by Gasteiger charge is -2.35. The maximum absolute atomic E-state index is 14.6. The van der Waals surface area contributed by atoms with Crippen molar-refractivity contribution in [1.29, 1.82) is 0 Å². The Kier molecular flexibility index (Phi) is 35.5. The highest BCUT2D eigenvalue weighted by Crippen LogP contribution is 2.54. The Bertz CT molecular complexity index is 4900. The zero-order valence-corrected chi connectivity index (χ0v) is 75.5. The number of rotatable bonds is 17. The lowest BCUT2D eigenvalue weighted by Crippen LogP contribution is -2.27. The molecular formula is C108H133F7O8. The van der Waals surface area contributed by atoms with Gasteiger partial charge in [0.1, 0.15) is 64.7 Å². The van der Waals surface area contributed by atoms with E-state index in [0.29, 0.717) is 81.5 Å². The molecule has 8 nitrogen and oxygen atoms in total. The molecule has 7 unspecified atom stereocenters. The monoisotopic (exact) mass is 1690 g/mol. The summed E-state index contributed by atoms with van der Waals surface area (Å²) < 4.78 is 97.5. The molecule has 6 aliphatic carbocycles. The molecule has 0 saturated carbocycles. The molecule has 6 aliphatic rings. The minimum atomic E-state index is -0.923. The van der Waals surface area contributed by atoms with Crippen LogP contribution in [0.4, 0.5) is 30.7 Å². The highest BCUT2D eigenvalue weighted by atomic mass is 19.2. The fraction of sp³-hybridized carbons (Fsp3) is 0.407. The summed E-state index contributed by atoms with van der Waals surface area (Å²) in [6.45, 7) is 62.7. The minimum Gasteiger partial charge on any atom is -0.507 e. The van der Waals surface area contributed by atoms with Crippen molar-refractivity contribution < 1.29 is 71.6 Å². The van der Waals surface area contributed by atoms with E-state index in [9.17, 15) is 71.6 Å². The first-order valence-corrected chi connectivity index (χ1v) is 43.0. The van der Waals surface area contributed by atoms with Crippen LogP contribution in [0.5, 0.6) is 46.0 Å². The van der Waals surface area contributed by atoms with Gasteiger partial charge in [0.25, 0.3) is 0 Å². The molecule has 0 amide bonds. The van der Waals surface area contributed by atoms with Gasteiger partial charge in [0.2, 0.25) is 0 Å².